The molecule has 27 heavy (non-hydrogen) atoms. The Morgan fingerprint density at radius 3 is 2.81 bits per heavy atom. The number of carboxylic acid groups (broad SMARTS) is 1. The number of pyridine rings is 2. The Morgan fingerprint density at radius 2 is 2.07 bits per heavy atom. The van der Waals surface area contributed by atoms with Gasteiger partial charge in [0, 0.05) is 43.8 Å². The van der Waals surface area contributed by atoms with Crippen LogP contribution in [0, 0.1) is 0 Å². The van der Waals surface area contributed by atoms with Crippen LogP contribution < -0.4 is 4.90 Å². The van der Waals surface area contributed by atoms with Crippen molar-refractivity contribution in [3.8, 4) is 0 Å². The zero-order chi connectivity index (χ0) is 18.6. The minimum absolute atomic E-state index is 0.207. The molecule has 1 saturated heterocycles. The van der Waals surface area contributed by atoms with Gasteiger partial charge in [0.2, 0.25) is 0 Å². The first-order valence-corrected chi connectivity index (χ1v) is 9.06. The Balaban J connectivity index is 1.50. The van der Waals surface area contributed by atoms with Gasteiger partial charge in [0.1, 0.15) is 11.6 Å². The quantitative estimate of drug-likeness (QED) is 0.750. The molecule has 0 saturated carbocycles. The zero-order valence-electron chi connectivity index (χ0n) is 14.9. The molecule has 1 fully saturated rings. The lowest BCUT2D eigenvalue weighted by Crippen LogP contribution is -2.36. The van der Waals surface area contributed by atoms with Gasteiger partial charge >= 0.3 is 5.97 Å². The van der Waals surface area contributed by atoms with Crippen molar-refractivity contribution in [1.29, 1.82) is 0 Å². The van der Waals surface area contributed by atoms with E-state index in [4.69, 9.17) is 5.11 Å². The third-order valence-corrected chi connectivity index (χ3v) is 4.91. The number of aromatic carboxylic acids is 1. The fourth-order valence-electron chi connectivity index (χ4n) is 3.58. The molecule has 0 amide bonds. The molecular formula is C20H21N5O2. The molecular weight excluding hydrogens is 342 g/mol. The van der Waals surface area contributed by atoms with Gasteiger partial charge in [-0.15, -0.1) is 0 Å². The molecule has 1 aliphatic heterocycles. The fourth-order valence-corrected chi connectivity index (χ4v) is 3.58. The maximum atomic E-state index is 11.0. The number of piperidine rings is 1. The van der Waals surface area contributed by atoms with Crippen LogP contribution >= 0.6 is 0 Å². The summed E-state index contributed by atoms with van der Waals surface area (Å²) in [5, 5.41) is 9.04. The number of carbonyl (C=O) groups is 1. The summed E-state index contributed by atoms with van der Waals surface area (Å²) >= 11 is 0. The zero-order valence-corrected chi connectivity index (χ0v) is 14.9. The third kappa shape index (κ3) is 3.81. The largest absolute Gasteiger partial charge is 0.478 e. The summed E-state index contributed by atoms with van der Waals surface area (Å²) in [5.41, 5.74) is 1.22. The summed E-state index contributed by atoms with van der Waals surface area (Å²) in [6, 6.07) is 9.32. The number of imidazole rings is 1. The van der Waals surface area contributed by atoms with Gasteiger partial charge in [0.05, 0.1) is 17.8 Å². The van der Waals surface area contributed by atoms with E-state index in [-0.39, 0.29) is 5.56 Å². The molecule has 138 valence electrons. The summed E-state index contributed by atoms with van der Waals surface area (Å²) < 4.78 is 2.16. The van der Waals surface area contributed by atoms with Gasteiger partial charge in [-0.25, -0.2) is 14.8 Å². The van der Waals surface area contributed by atoms with Crippen molar-refractivity contribution in [2.75, 3.05) is 18.0 Å². The van der Waals surface area contributed by atoms with Crippen molar-refractivity contribution >= 4 is 11.8 Å². The van der Waals surface area contributed by atoms with E-state index in [1.54, 1.807) is 18.3 Å². The Hall–Kier alpha value is -3.22. The molecule has 0 unspecified atom stereocenters. The maximum absolute atomic E-state index is 11.0. The molecule has 0 bridgehead atoms. The molecule has 3 aromatic heterocycles. The summed E-state index contributed by atoms with van der Waals surface area (Å²) in [6.07, 6.45) is 9.19. The lowest BCUT2D eigenvalue weighted by Gasteiger charge is -2.33. The first kappa shape index (κ1) is 17.2. The summed E-state index contributed by atoms with van der Waals surface area (Å²) in [5.74, 6) is 1.22. The molecule has 0 radical (unpaired) electrons. The third-order valence-electron chi connectivity index (χ3n) is 4.91. The van der Waals surface area contributed by atoms with E-state index in [1.807, 2.05) is 30.6 Å². The smallest absolute Gasteiger partial charge is 0.337 e. The van der Waals surface area contributed by atoms with Gasteiger partial charge < -0.3 is 14.6 Å². The minimum Gasteiger partial charge on any atom is -0.478 e. The Kier molecular flexibility index (Phi) is 4.82. The van der Waals surface area contributed by atoms with Crippen LogP contribution in [0.15, 0.2) is 55.1 Å². The molecule has 1 N–H and O–H groups in total. The number of nitrogens with zero attached hydrogens (tertiary/aromatic N) is 5. The van der Waals surface area contributed by atoms with Gasteiger partial charge in [-0.1, -0.05) is 6.07 Å². The SMILES string of the molecule is O=C(O)c1ccc(N2CCC[C@H](c3nccn3Cc3ccccn3)C2)nc1. The topological polar surface area (TPSA) is 84.1 Å². The van der Waals surface area contributed by atoms with Crippen molar-refractivity contribution < 1.29 is 9.90 Å². The van der Waals surface area contributed by atoms with Gasteiger partial charge in [0.25, 0.3) is 0 Å². The number of hydrogen-bond acceptors (Lipinski definition) is 5. The van der Waals surface area contributed by atoms with Crippen LogP contribution in [0.1, 0.15) is 40.6 Å². The Bertz CT molecular complexity index is 908. The van der Waals surface area contributed by atoms with Crippen molar-refractivity contribution in [3.63, 3.8) is 0 Å². The number of carboxylic acids is 1. The molecule has 0 spiro atoms. The highest BCUT2D eigenvalue weighted by Crippen LogP contribution is 2.28. The van der Waals surface area contributed by atoms with Crippen LogP contribution in [-0.2, 0) is 6.54 Å². The second-order valence-electron chi connectivity index (χ2n) is 6.73. The van der Waals surface area contributed by atoms with Crippen molar-refractivity contribution in [2.24, 2.45) is 0 Å². The molecule has 0 aromatic carbocycles. The average molecular weight is 363 g/mol. The monoisotopic (exact) mass is 363 g/mol. The summed E-state index contributed by atoms with van der Waals surface area (Å²) in [7, 11) is 0. The fraction of sp³-hybridized carbons (Fsp3) is 0.300. The van der Waals surface area contributed by atoms with Gasteiger partial charge in [-0.2, -0.15) is 0 Å². The van der Waals surface area contributed by atoms with E-state index in [0.29, 0.717) is 12.5 Å². The highest BCUT2D eigenvalue weighted by Gasteiger charge is 2.25. The highest BCUT2D eigenvalue weighted by atomic mass is 16.4. The van der Waals surface area contributed by atoms with Crippen LogP contribution in [0.3, 0.4) is 0 Å². The van der Waals surface area contributed by atoms with E-state index in [9.17, 15) is 4.79 Å². The Labute approximate surface area is 157 Å². The van der Waals surface area contributed by atoms with Gasteiger partial charge in [-0.3, -0.25) is 4.98 Å². The normalized spacial score (nSPS) is 17.0. The number of anilines is 1. The molecule has 1 aliphatic rings. The van der Waals surface area contributed by atoms with Crippen molar-refractivity contribution in [2.45, 2.75) is 25.3 Å². The first-order valence-electron chi connectivity index (χ1n) is 9.06. The minimum atomic E-state index is -0.956. The molecule has 1 atom stereocenters. The van der Waals surface area contributed by atoms with Crippen LogP contribution in [0.2, 0.25) is 0 Å². The number of aromatic nitrogens is 4. The van der Waals surface area contributed by atoms with Crippen molar-refractivity contribution in [3.05, 3.63) is 72.2 Å². The lowest BCUT2D eigenvalue weighted by molar-refractivity contribution is 0.0696. The molecule has 0 aliphatic carbocycles. The predicted molar refractivity (Wildman–Crippen MR) is 101 cm³/mol. The van der Waals surface area contributed by atoms with E-state index < -0.39 is 5.97 Å². The van der Waals surface area contributed by atoms with E-state index in [0.717, 1.165) is 43.3 Å². The maximum Gasteiger partial charge on any atom is 0.337 e. The second-order valence-corrected chi connectivity index (χ2v) is 6.73. The second kappa shape index (κ2) is 7.57. The molecule has 7 heteroatoms. The first-order chi connectivity index (χ1) is 13.2. The van der Waals surface area contributed by atoms with Crippen LogP contribution in [0.5, 0.6) is 0 Å². The lowest BCUT2D eigenvalue weighted by atomic mass is 9.97. The van der Waals surface area contributed by atoms with Crippen LogP contribution in [0.25, 0.3) is 0 Å². The van der Waals surface area contributed by atoms with Crippen molar-refractivity contribution in [1.82, 2.24) is 19.5 Å². The van der Waals surface area contributed by atoms with E-state index >= 15 is 0 Å². The van der Waals surface area contributed by atoms with Gasteiger partial charge in [0.15, 0.2) is 0 Å². The number of rotatable bonds is 5. The molecule has 3 aromatic rings. The van der Waals surface area contributed by atoms with E-state index in [1.165, 1.54) is 6.20 Å². The van der Waals surface area contributed by atoms with Crippen LogP contribution in [-0.4, -0.2) is 43.7 Å². The van der Waals surface area contributed by atoms with Crippen LogP contribution in [0.4, 0.5) is 5.82 Å². The predicted octanol–water partition coefficient (Wildman–Crippen LogP) is 2.80. The van der Waals surface area contributed by atoms with E-state index in [2.05, 4.69) is 24.4 Å². The summed E-state index contributed by atoms with van der Waals surface area (Å²) in [4.78, 5) is 26.6. The molecule has 4 heterocycles. The summed E-state index contributed by atoms with van der Waals surface area (Å²) in [6.45, 7) is 2.44. The highest BCUT2D eigenvalue weighted by molar-refractivity contribution is 5.87. The molecule has 7 nitrogen and oxygen atoms in total. The van der Waals surface area contributed by atoms with Gasteiger partial charge in [-0.05, 0) is 37.1 Å². The Morgan fingerprint density at radius 1 is 1.15 bits per heavy atom. The standard InChI is InChI=1S/C20H21N5O2/c26-20(27)15-6-7-18(23-12-15)24-10-3-4-16(13-24)19-22-9-11-25(19)14-17-5-1-2-8-21-17/h1-2,5-9,11-12,16H,3-4,10,13-14H2,(H,26,27)/t16-/m0/s1. The average Bonchev–Trinajstić information content (AvgIpc) is 3.17. The molecule has 4 rings (SSSR count). The number of hydrogen-bond donors (Lipinski definition) is 1.